The molecule has 4 nitrogen and oxygen atoms in total. The van der Waals surface area contributed by atoms with E-state index in [1.807, 2.05) is 6.92 Å². The number of halogens is 1. The molecule has 1 atom stereocenters. The summed E-state index contributed by atoms with van der Waals surface area (Å²) in [6.45, 7) is 4.11. The van der Waals surface area contributed by atoms with Crippen LogP contribution < -0.4 is 5.32 Å². The molecule has 0 saturated carbocycles. The van der Waals surface area contributed by atoms with Gasteiger partial charge >= 0.3 is 0 Å². The smallest absolute Gasteiger partial charge is 0.271 e. The SMILES string of the molecule is CCCCC(CC)Nc1cc([N+](=O)[O-])ccc1F. The predicted octanol–water partition coefficient (Wildman–Crippen LogP) is 4.11. The molecule has 0 radical (unpaired) electrons. The number of nitro groups is 1. The van der Waals surface area contributed by atoms with Crippen molar-refractivity contribution >= 4 is 11.4 Å². The van der Waals surface area contributed by atoms with Crippen molar-refractivity contribution < 1.29 is 9.31 Å². The minimum atomic E-state index is -0.516. The van der Waals surface area contributed by atoms with Crippen LogP contribution in [0.4, 0.5) is 15.8 Å². The summed E-state index contributed by atoms with van der Waals surface area (Å²) >= 11 is 0. The van der Waals surface area contributed by atoms with Gasteiger partial charge in [-0.15, -0.1) is 0 Å². The number of non-ortho nitro benzene ring substituents is 1. The second-order valence-electron chi connectivity index (χ2n) is 4.31. The van der Waals surface area contributed by atoms with Gasteiger partial charge in [0.25, 0.3) is 5.69 Å². The summed E-state index contributed by atoms with van der Waals surface area (Å²) in [5, 5.41) is 13.7. The third-order valence-electron chi connectivity index (χ3n) is 2.92. The van der Waals surface area contributed by atoms with Gasteiger partial charge in [0, 0.05) is 18.2 Å². The van der Waals surface area contributed by atoms with Crippen molar-refractivity contribution in [1.82, 2.24) is 0 Å². The minimum Gasteiger partial charge on any atom is -0.380 e. The molecule has 18 heavy (non-hydrogen) atoms. The molecule has 1 N–H and O–H groups in total. The van der Waals surface area contributed by atoms with Gasteiger partial charge in [-0.3, -0.25) is 10.1 Å². The predicted molar refractivity (Wildman–Crippen MR) is 70.3 cm³/mol. The Morgan fingerprint density at radius 1 is 1.44 bits per heavy atom. The quantitative estimate of drug-likeness (QED) is 0.588. The van der Waals surface area contributed by atoms with Gasteiger partial charge in [-0.05, 0) is 18.9 Å². The second kappa shape index (κ2) is 6.93. The maximum atomic E-state index is 13.6. The van der Waals surface area contributed by atoms with Crippen molar-refractivity contribution in [3.8, 4) is 0 Å². The van der Waals surface area contributed by atoms with E-state index in [-0.39, 0.29) is 17.4 Å². The van der Waals surface area contributed by atoms with Crippen LogP contribution in [0.25, 0.3) is 0 Å². The Labute approximate surface area is 106 Å². The molecule has 0 aromatic heterocycles. The van der Waals surface area contributed by atoms with Crippen LogP contribution in [0, 0.1) is 15.9 Å². The van der Waals surface area contributed by atoms with E-state index in [1.54, 1.807) is 0 Å². The number of hydrogen-bond acceptors (Lipinski definition) is 3. The molecule has 0 bridgehead atoms. The highest BCUT2D eigenvalue weighted by atomic mass is 19.1. The molecule has 0 fully saturated rings. The van der Waals surface area contributed by atoms with Crippen molar-refractivity contribution in [2.24, 2.45) is 0 Å². The molecule has 1 aromatic rings. The van der Waals surface area contributed by atoms with Crippen LogP contribution in [-0.2, 0) is 0 Å². The molecule has 1 rings (SSSR count). The van der Waals surface area contributed by atoms with Gasteiger partial charge in [0.05, 0.1) is 10.6 Å². The highest BCUT2D eigenvalue weighted by molar-refractivity contribution is 5.52. The Kier molecular flexibility index (Phi) is 5.55. The van der Waals surface area contributed by atoms with Gasteiger partial charge in [0.2, 0.25) is 0 Å². The number of nitro benzene ring substituents is 1. The first-order chi connectivity index (χ1) is 8.58. The molecule has 100 valence electrons. The van der Waals surface area contributed by atoms with Crippen molar-refractivity contribution in [2.75, 3.05) is 5.32 Å². The van der Waals surface area contributed by atoms with Gasteiger partial charge in [-0.2, -0.15) is 0 Å². The van der Waals surface area contributed by atoms with Crippen LogP contribution >= 0.6 is 0 Å². The van der Waals surface area contributed by atoms with E-state index < -0.39 is 10.7 Å². The van der Waals surface area contributed by atoms with E-state index in [9.17, 15) is 14.5 Å². The molecule has 0 spiro atoms. The Bertz CT molecular complexity index is 410. The molecule has 1 unspecified atom stereocenters. The lowest BCUT2D eigenvalue weighted by molar-refractivity contribution is -0.384. The van der Waals surface area contributed by atoms with E-state index >= 15 is 0 Å². The van der Waals surface area contributed by atoms with Gasteiger partial charge in [-0.1, -0.05) is 26.7 Å². The normalized spacial score (nSPS) is 12.2. The second-order valence-corrected chi connectivity index (χ2v) is 4.31. The number of nitrogens with zero attached hydrogens (tertiary/aromatic N) is 1. The third kappa shape index (κ3) is 3.98. The zero-order valence-electron chi connectivity index (χ0n) is 10.8. The summed E-state index contributed by atoms with van der Waals surface area (Å²) in [6, 6.07) is 3.71. The molecule has 0 heterocycles. The topological polar surface area (TPSA) is 55.2 Å². The number of unbranched alkanes of at least 4 members (excludes halogenated alkanes) is 1. The lowest BCUT2D eigenvalue weighted by Gasteiger charge is -2.18. The Balaban J connectivity index is 2.80. The van der Waals surface area contributed by atoms with E-state index in [4.69, 9.17) is 0 Å². The van der Waals surface area contributed by atoms with Crippen LogP contribution in [0.2, 0.25) is 0 Å². The zero-order chi connectivity index (χ0) is 13.5. The molecule has 0 aliphatic rings. The van der Waals surface area contributed by atoms with Crippen LogP contribution in [0.3, 0.4) is 0 Å². The lowest BCUT2D eigenvalue weighted by atomic mass is 10.1. The van der Waals surface area contributed by atoms with E-state index in [1.165, 1.54) is 12.1 Å². The standard InChI is InChI=1S/C13H19FN2O2/c1-3-5-6-10(4-2)15-13-9-11(16(17)18)7-8-12(13)14/h7-10,15H,3-6H2,1-2H3. The first kappa shape index (κ1) is 14.4. The molecular formula is C13H19FN2O2. The maximum Gasteiger partial charge on any atom is 0.271 e. The lowest BCUT2D eigenvalue weighted by Crippen LogP contribution is -2.19. The number of benzene rings is 1. The summed E-state index contributed by atoms with van der Waals surface area (Å²) in [4.78, 5) is 10.1. The average molecular weight is 254 g/mol. The molecule has 1 aromatic carbocycles. The van der Waals surface area contributed by atoms with Crippen molar-refractivity contribution in [3.63, 3.8) is 0 Å². The highest BCUT2D eigenvalue weighted by Gasteiger charge is 2.13. The molecule has 0 amide bonds. The summed E-state index contributed by atoms with van der Waals surface area (Å²) < 4.78 is 13.6. The zero-order valence-corrected chi connectivity index (χ0v) is 10.8. The van der Waals surface area contributed by atoms with Crippen LogP contribution in [0.5, 0.6) is 0 Å². The Hall–Kier alpha value is -1.65. The fourth-order valence-corrected chi connectivity index (χ4v) is 1.79. The monoisotopic (exact) mass is 254 g/mol. The first-order valence-corrected chi connectivity index (χ1v) is 6.29. The summed E-state index contributed by atoms with van der Waals surface area (Å²) in [6.07, 6.45) is 3.94. The number of hydrogen-bond donors (Lipinski definition) is 1. The summed E-state index contributed by atoms with van der Waals surface area (Å²) in [5.41, 5.74) is 0.122. The van der Waals surface area contributed by atoms with Crippen molar-refractivity contribution in [1.29, 1.82) is 0 Å². The van der Waals surface area contributed by atoms with Crippen LogP contribution in [0.15, 0.2) is 18.2 Å². The van der Waals surface area contributed by atoms with Gasteiger partial charge in [0.15, 0.2) is 0 Å². The van der Waals surface area contributed by atoms with Gasteiger partial charge < -0.3 is 5.32 Å². The van der Waals surface area contributed by atoms with E-state index in [2.05, 4.69) is 12.2 Å². The van der Waals surface area contributed by atoms with Crippen molar-refractivity contribution in [2.45, 2.75) is 45.6 Å². The largest absolute Gasteiger partial charge is 0.380 e. The molecule has 0 saturated heterocycles. The van der Waals surface area contributed by atoms with Crippen LogP contribution in [-0.4, -0.2) is 11.0 Å². The molecule has 0 aliphatic heterocycles. The Morgan fingerprint density at radius 2 is 2.17 bits per heavy atom. The van der Waals surface area contributed by atoms with Gasteiger partial charge in [-0.25, -0.2) is 4.39 Å². The number of rotatable bonds is 7. The van der Waals surface area contributed by atoms with Crippen LogP contribution in [0.1, 0.15) is 39.5 Å². The summed E-state index contributed by atoms with van der Waals surface area (Å²) in [7, 11) is 0. The molecular weight excluding hydrogens is 235 g/mol. The molecule has 5 heteroatoms. The van der Waals surface area contributed by atoms with E-state index in [0.717, 1.165) is 31.7 Å². The van der Waals surface area contributed by atoms with Crippen molar-refractivity contribution in [3.05, 3.63) is 34.1 Å². The fourth-order valence-electron chi connectivity index (χ4n) is 1.79. The Morgan fingerprint density at radius 3 is 2.72 bits per heavy atom. The number of anilines is 1. The number of nitrogens with one attached hydrogen (secondary N) is 1. The first-order valence-electron chi connectivity index (χ1n) is 6.29. The maximum absolute atomic E-state index is 13.6. The third-order valence-corrected chi connectivity index (χ3v) is 2.92. The fraction of sp³-hybridized carbons (Fsp3) is 0.538. The summed E-state index contributed by atoms with van der Waals surface area (Å²) in [5.74, 6) is -0.449. The highest BCUT2D eigenvalue weighted by Crippen LogP contribution is 2.23. The van der Waals surface area contributed by atoms with Gasteiger partial charge in [0.1, 0.15) is 5.82 Å². The van der Waals surface area contributed by atoms with E-state index in [0.29, 0.717) is 0 Å². The minimum absolute atomic E-state index is 0.0933. The average Bonchev–Trinajstić information content (AvgIpc) is 2.36. The molecule has 0 aliphatic carbocycles.